The minimum Gasteiger partial charge on any atom is -0.423 e. The summed E-state index contributed by atoms with van der Waals surface area (Å²) >= 11 is 0. The Balaban J connectivity index is 1.66. The number of Topliss-reactive ketones (excluding diaryl/α,β-unsaturated/α-hetero) is 1. The van der Waals surface area contributed by atoms with E-state index in [1.165, 1.54) is 36.4 Å². The Morgan fingerprint density at radius 1 is 0.741 bits per heavy atom. The van der Waals surface area contributed by atoms with Crippen molar-refractivity contribution in [1.29, 1.82) is 0 Å². The summed E-state index contributed by atoms with van der Waals surface area (Å²) in [6, 6.07) is 21.6. The second kappa shape index (κ2) is 7.91. The molecule has 3 aromatic carbocycles. The second-order valence-electron chi connectivity index (χ2n) is 5.98. The summed E-state index contributed by atoms with van der Waals surface area (Å²) in [4.78, 5) is 24.0. The van der Waals surface area contributed by atoms with Crippen LogP contribution in [0.2, 0.25) is 0 Å². The van der Waals surface area contributed by atoms with Gasteiger partial charge in [-0.25, -0.2) is 4.79 Å². The third kappa shape index (κ3) is 4.64. The van der Waals surface area contributed by atoms with Gasteiger partial charge in [0, 0.05) is 12.0 Å². The summed E-state index contributed by atoms with van der Waals surface area (Å²) < 4.78 is 33.8. The maximum Gasteiger partial charge on any atom is 0.343 e. The van der Waals surface area contributed by atoms with Gasteiger partial charge in [-0.3, -0.25) is 4.79 Å². The molecular formula is C22H16F2O3. The molecule has 0 N–H and O–H groups in total. The molecule has 0 aromatic heterocycles. The summed E-state index contributed by atoms with van der Waals surface area (Å²) in [5.41, 5.74) is 0.626. The predicted molar refractivity (Wildman–Crippen MR) is 97.3 cm³/mol. The van der Waals surface area contributed by atoms with Gasteiger partial charge in [0.15, 0.2) is 0 Å². The van der Waals surface area contributed by atoms with E-state index in [0.29, 0.717) is 5.56 Å². The van der Waals surface area contributed by atoms with E-state index in [4.69, 9.17) is 4.74 Å². The first-order valence-electron chi connectivity index (χ1n) is 8.29. The Hall–Kier alpha value is -3.34. The first-order valence-corrected chi connectivity index (χ1v) is 8.29. The van der Waals surface area contributed by atoms with Gasteiger partial charge in [0.25, 0.3) is 0 Å². The smallest absolute Gasteiger partial charge is 0.343 e. The molecule has 0 saturated heterocycles. The van der Waals surface area contributed by atoms with Crippen LogP contribution in [0, 0.1) is 0 Å². The van der Waals surface area contributed by atoms with Gasteiger partial charge in [0.05, 0.1) is 5.56 Å². The van der Waals surface area contributed by atoms with Crippen LogP contribution in [0.1, 0.15) is 26.3 Å². The number of rotatable bonds is 6. The normalized spacial score (nSPS) is 11.0. The van der Waals surface area contributed by atoms with Gasteiger partial charge in [-0.05, 0) is 29.8 Å². The molecule has 3 rings (SSSR count). The maximum absolute atomic E-state index is 14.3. The number of hydrogen-bond donors (Lipinski definition) is 0. The summed E-state index contributed by atoms with van der Waals surface area (Å²) in [5.74, 6) is -5.04. The predicted octanol–water partition coefficient (Wildman–Crippen LogP) is 4.97. The van der Waals surface area contributed by atoms with Gasteiger partial charge < -0.3 is 4.74 Å². The molecule has 0 spiro atoms. The van der Waals surface area contributed by atoms with Crippen molar-refractivity contribution in [2.45, 2.75) is 12.3 Å². The fourth-order valence-electron chi connectivity index (χ4n) is 2.55. The molecule has 0 radical (unpaired) electrons. The zero-order valence-corrected chi connectivity index (χ0v) is 14.3. The third-order valence-electron chi connectivity index (χ3n) is 3.94. The van der Waals surface area contributed by atoms with Crippen LogP contribution in [-0.4, -0.2) is 17.7 Å². The molecule has 136 valence electrons. The molecule has 0 fully saturated rings. The van der Waals surface area contributed by atoms with Crippen molar-refractivity contribution in [3.63, 3.8) is 0 Å². The number of carbonyl (C=O) groups is 2. The average Bonchev–Trinajstić information content (AvgIpc) is 2.70. The fraction of sp³-hybridized carbons (Fsp3) is 0.0909. The SMILES string of the molecule is O=C(Oc1ccc(CC(F)(F)C(=O)c2ccccc2)cc1)c1ccccc1. The third-order valence-corrected chi connectivity index (χ3v) is 3.94. The number of benzene rings is 3. The molecule has 3 nitrogen and oxygen atoms in total. The number of ketones is 1. The van der Waals surface area contributed by atoms with Gasteiger partial charge in [0.1, 0.15) is 5.75 Å². The molecule has 0 aliphatic heterocycles. The fourth-order valence-corrected chi connectivity index (χ4v) is 2.55. The first kappa shape index (κ1) is 18.5. The van der Waals surface area contributed by atoms with E-state index in [0.717, 1.165) is 0 Å². The monoisotopic (exact) mass is 366 g/mol. The number of ether oxygens (including phenoxy) is 1. The van der Waals surface area contributed by atoms with Gasteiger partial charge in [-0.15, -0.1) is 0 Å². The van der Waals surface area contributed by atoms with E-state index >= 15 is 0 Å². The molecule has 0 unspecified atom stereocenters. The highest BCUT2D eigenvalue weighted by Gasteiger charge is 2.39. The van der Waals surface area contributed by atoms with E-state index in [1.54, 1.807) is 48.5 Å². The standard InChI is InChI=1S/C22H16F2O3/c23-22(24,20(25)17-7-3-1-4-8-17)15-16-11-13-19(14-12-16)27-21(26)18-9-5-2-6-10-18/h1-14H,15H2. The van der Waals surface area contributed by atoms with E-state index < -0.39 is 24.1 Å². The van der Waals surface area contributed by atoms with Crippen molar-refractivity contribution >= 4 is 11.8 Å². The number of esters is 1. The lowest BCUT2D eigenvalue weighted by atomic mass is 9.99. The molecule has 0 atom stereocenters. The number of halogens is 2. The van der Waals surface area contributed by atoms with Crippen LogP contribution in [0.4, 0.5) is 8.78 Å². The van der Waals surface area contributed by atoms with E-state index in [2.05, 4.69) is 0 Å². The highest BCUT2D eigenvalue weighted by molar-refractivity contribution is 6.01. The van der Waals surface area contributed by atoms with Gasteiger partial charge in [-0.2, -0.15) is 8.78 Å². The van der Waals surface area contributed by atoms with Crippen molar-refractivity contribution in [2.75, 3.05) is 0 Å². The summed E-state index contributed by atoms with van der Waals surface area (Å²) in [6.07, 6.45) is -0.729. The zero-order chi connectivity index (χ0) is 19.3. The van der Waals surface area contributed by atoms with Crippen molar-refractivity contribution < 1.29 is 23.1 Å². The molecule has 5 heteroatoms. The van der Waals surface area contributed by atoms with Crippen molar-refractivity contribution in [2.24, 2.45) is 0 Å². The molecule has 0 heterocycles. The summed E-state index contributed by atoms with van der Waals surface area (Å²) in [6.45, 7) is 0. The second-order valence-corrected chi connectivity index (χ2v) is 5.98. The van der Waals surface area contributed by atoms with Crippen LogP contribution in [-0.2, 0) is 6.42 Å². The van der Waals surface area contributed by atoms with Gasteiger partial charge in [0.2, 0.25) is 5.78 Å². The Morgan fingerprint density at radius 3 is 1.81 bits per heavy atom. The lowest BCUT2D eigenvalue weighted by Crippen LogP contribution is -2.31. The Labute approximate surface area is 155 Å². The average molecular weight is 366 g/mol. The van der Waals surface area contributed by atoms with Gasteiger partial charge >= 0.3 is 11.9 Å². The Kier molecular flexibility index (Phi) is 5.41. The van der Waals surface area contributed by atoms with E-state index in [1.807, 2.05) is 0 Å². The Morgan fingerprint density at radius 2 is 1.26 bits per heavy atom. The Bertz CT molecular complexity index is 921. The van der Waals surface area contributed by atoms with Gasteiger partial charge in [-0.1, -0.05) is 60.7 Å². The topological polar surface area (TPSA) is 43.4 Å². The van der Waals surface area contributed by atoms with E-state index in [-0.39, 0.29) is 16.9 Å². The first-order chi connectivity index (χ1) is 13.0. The molecular weight excluding hydrogens is 350 g/mol. The molecule has 0 amide bonds. The van der Waals surface area contributed by atoms with Crippen molar-refractivity contribution in [3.05, 3.63) is 102 Å². The molecule has 0 bridgehead atoms. The molecule has 27 heavy (non-hydrogen) atoms. The molecule has 0 saturated carbocycles. The molecule has 0 aliphatic rings. The lowest BCUT2D eigenvalue weighted by Gasteiger charge is -2.15. The number of carbonyl (C=O) groups excluding carboxylic acids is 2. The van der Waals surface area contributed by atoms with Crippen molar-refractivity contribution in [3.8, 4) is 5.75 Å². The van der Waals surface area contributed by atoms with Crippen LogP contribution in [0.5, 0.6) is 5.75 Å². The largest absolute Gasteiger partial charge is 0.423 e. The van der Waals surface area contributed by atoms with Crippen LogP contribution in [0.3, 0.4) is 0 Å². The van der Waals surface area contributed by atoms with Crippen LogP contribution in [0.25, 0.3) is 0 Å². The summed E-state index contributed by atoms with van der Waals surface area (Å²) in [7, 11) is 0. The lowest BCUT2D eigenvalue weighted by molar-refractivity contribution is 0.0106. The zero-order valence-electron chi connectivity index (χ0n) is 14.3. The minimum atomic E-state index is -3.52. The summed E-state index contributed by atoms with van der Waals surface area (Å²) in [5, 5.41) is 0. The molecule has 0 aliphatic carbocycles. The highest BCUT2D eigenvalue weighted by Crippen LogP contribution is 2.26. The number of alkyl halides is 2. The maximum atomic E-state index is 14.3. The molecule has 3 aromatic rings. The highest BCUT2D eigenvalue weighted by atomic mass is 19.3. The quantitative estimate of drug-likeness (QED) is 0.352. The van der Waals surface area contributed by atoms with Crippen LogP contribution in [0.15, 0.2) is 84.9 Å². The number of hydrogen-bond acceptors (Lipinski definition) is 3. The van der Waals surface area contributed by atoms with Crippen LogP contribution < -0.4 is 4.74 Å². The van der Waals surface area contributed by atoms with Crippen LogP contribution >= 0.6 is 0 Å². The van der Waals surface area contributed by atoms with Crippen molar-refractivity contribution in [1.82, 2.24) is 0 Å². The minimum absolute atomic E-state index is 0.0316. The van der Waals surface area contributed by atoms with E-state index in [9.17, 15) is 18.4 Å².